The third kappa shape index (κ3) is 15.7. The first-order valence-corrected chi connectivity index (χ1v) is 14.6. The molecule has 1 unspecified atom stereocenters. The van der Waals surface area contributed by atoms with E-state index in [2.05, 4.69) is 6.92 Å². The number of carboxylic acid groups (broad SMARTS) is 2. The van der Waals surface area contributed by atoms with E-state index in [1.54, 1.807) is 0 Å². The monoisotopic (exact) mass is 508 g/mol. The van der Waals surface area contributed by atoms with Gasteiger partial charge in [-0.05, 0) is 6.42 Å². The van der Waals surface area contributed by atoms with Gasteiger partial charge in [0.05, 0.1) is 6.42 Å². The molecule has 0 spiro atoms. The lowest BCUT2D eigenvalue weighted by Gasteiger charge is -2.24. The standard InChI is InChI=1S/C25H48O8S/c1-2-3-4-5-6-7-8-9-10-11-12-13-14-15-16-17-18-20-33-21-19-25(24(28)29,22-23(26)27)34(30,31)32/h2-22H2,1H3,(H,26,27)(H,28,29)(H,30,31,32). The minimum Gasteiger partial charge on any atom is -0.481 e. The number of ether oxygens (including phenoxy) is 1. The summed E-state index contributed by atoms with van der Waals surface area (Å²) in [6, 6.07) is 0. The molecular formula is C25H48O8S. The maximum atomic E-state index is 11.5. The maximum Gasteiger partial charge on any atom is 0.328 e. The van der Waals surface area contributed by atoms with Gasteiger partial charge in [0.2, 0.25) is 4.75 Å². The maximum absolute atomic E-state index is 11.5. The van der Waals surface area contributed by atoms with Crippen molar-refractivity contribution < 1.29 is 37.5 Å². The minimum atomic E-state index is -5.11. The Bertz CT molecular complexity index is 635. The van der Waals surface area contributed by atoms with Gasteiger partial charge in [0.1, 0.15) is 0 Å². The van der Waals surface area contributed by atoms with E-state index in [1.807, 2.05) is 0 Å². The zero-order chi connectivity index (χ0) is 25.7. The van der Waals surface area contributed by atoms with Crippen LogP contribution in [0.4, 0.5) is 0 Å². The van der Waals surface area contributed by atoms with Crippen LogP contribution < -0.4 is 0 Å². The van der Waals surface area contributed by atoms with Gasteiger partial charge >= 0.3 is 11.9 Å². The molecule has 202 valence electrons. The smallest absolute Gasteiger partial charge is 0.328 e. The SMILES string of the molecule is CCCCCCCCCCCCCCCCCCCOCCC(CC(=O)O)(C(=O)O)S(=O)(=O)O. The van der Waals surface area contributed by atoms with Gasteiger partial charge in [-0.15, -0.1) is 0 Å². The number of hydrogen-bond acceptors (Lipinski definition) is 5. The van der Waals surface area contributed by atoms with Gasteiger partial charge in [-0.3, -0.25) is 14.1 Å². The average Bonchev–Trinajstić information content (AvgIpc) is 2.75. The van der Waals surface area contributed by atoms with E-state index < -0.39 is 39.6 Å². The molecule has 0 radical (unpaired) electrons. The molecule has 0 aliphatic rings. The molecule has 0 aliphatic heterocycles. The molecule has 0 rings (SSSR count). The topological polar surface area (TPSA) is 138 Å². The summed E-state index contributed by atoms with van der Waals surface area (Å²) in [6.07, 6.45) is 19.6. The predicted molar refractivity (Wildman–Crippen MR) is 134 cm³/mol. The fourth-order valence-corrected chi connectivity index (χ4v) is 4.98. The van der Waals surface area contributed by atoms with Crippen molar-refractivity contribution in [2.24, 2.45) is 0 Å². The molecule has 1 atom stereocenters. The summed E-state index contributed by atoms with van der Waals surface area (Å²) in [5, 5.41) is 18.1. The van der Waals surface area contributed by atoms with Crippen LogP contribution in [0.25, 0.3) is 0 Å². The van der Waals surface area contributed by atoms with Crippen LogP contribution in [0.1, 0.15) is 129 Å². The lowest BCUT2D eigenvalue weighted by molar-refractivity contribution is -0.147. The molecule has 34 heavy (non-hydrogen) atoms. The molecule has 0 fully saturated rings. The van der Waals surface area contributed by atoms with Crippen molar-refractivity contribution in [1.82, 2.24) is 0 Å². The van der Waals surface area contributed by atoms with E-state index in [-0.39, 0.29) is 6.61 Å². The Labute approximate surface area is 206 Å². The second kappa shape index (κ2) is 20.0. The Morgan fingerprint density at radius 2 is 1.06 bits per heavy atom. The van der Waals surface area contributed by atoms with Gasteiger partial charge in [0, 0.05) is 19.6 Å². The van der Waals surface area contributed by atoms with Crippen LogP contribution in [0.5, 0.6) is 0 Å². The average molecular weight is 509 g/mol. The van der Waals surface area contributed by atoms with Crippen LogP contribution in [-0.2, 0) is 24.4 Å². The lowest BCUT2D eigenvalue weighted by atomic mass is 10.0. The second-order valence-electron chi connectivity index (χ2n) is 9.36. The molecular weight excluding hydrogens is 460 g/mol. The van der Waals surface area contributed by atoms with Crippen molar-refractivity contribution in [3.05, 3.63) is 0 Å². The van der Waals surface area contributed by atoms with E-state index >= 15 is 0 Å². The Hall–Kier alpha value is -1.19. The van der Waals surface area contributed by atoms with Gasteiger partial charge in [-0.25, -0.2) is 0 Å². The fourth-order valence-electron chi connectivity index (χ4n) is 4.11. The highest BCUT2D eigenvalue weighted by Crippen LogP contribution is 2.26. The van der Waals surface area contributed by atoms with Crippen molar-refractivity contribution in [3.63, 3.8) is 0 Å². The van der Waals surface area contributed by atoms with E-state index in [0.717, 1.165) is 19.3 Å². The minimum absolute atomic E-state index is 0.252. The Kier molecular flexibility index (Phi) is 19.3. The second-order valence-corrected chi connectivity index (χ2v) is 11.1. The summed E-state index contributed by atoms with van der Waals surface area (Å²) in [4.78, 5) is 22.3. The zero-order valence-electron chi connectivity index (χ0n) is 21.1. The van der Waals surface area contributed by atoms with Gasteiger partial charge in [0.15, 0.2) is 0 Å². The van der Waals surface area contributed by atoms with Crippen molar-refractivity contribution >= 4 is 22.1 Å². The Morgan fingerprint density at radius 3 is 1.38 bits per heavy atom. The predicted octanol–water partition coefficient (Wildman–Crippen LogP) is 6.23. The number of rotatable bonds is 25. The summed E-state index contributed by atoms with van der Waals surface area (Å²) >= 11 is 0. The molecule has 0 saturated heterocycles. The zero-order valence-corrected chi connectivity index (χ0v) is 22.0. The summed E-state index contributed by atoms with van der Waals surface area (Å²) < 4.78 is 34.8. The van der Waals surface area contributed by atoms with Gasteiger partial charge < -0.3 is 14.9 Å². The third-order valence-electron chi connectivity index (χ3n) is 6.36. The highest BCUT2D eigenvalue weighted by atomic mass is 32.2. The lowest BCUT2D eigenvalue weighted by Crippen LogP contribution is -2.48. The van der Waals surface area contributed by atoms with Crippen LogP contribution >= 0.6 is 0 Å². The molecule has 9 heteroatoms. The van der Waals surface area contributed by atoms with E-state index in [4.69, 9.17) is 9.84 Å². The molecule has 0 aromatic carbocycles. The van der Waals surface area contributed by atoms with Crippen LogP contribution in [-0.4, -0.2) is 53.1 Å². The number of carboxylic acids is 2. The van der Waals surface area contributed by atoms with Gasteiger partial charge in [-0.1, -0.05) is 110 Å². The highest BCUT2D eigenvalue weighted by molar-refractivity contribution is 7.88. The number of carbonyl (C=O) groups is 2. The first-order chi connectivity index (χ1) is 16.2. The molecule has 0 bridgehead atoms. The molecule has 0 saturated carbocycles. The molecule has 0 amide bonds. The van der Waals surface area contributed by atoms with Crippen molar-refractivity contribution in [1.29, 1.82) is 0 Å². The van der Waals surface area contributed by atoms with Gasteiger partial charge in [-0.2, -0.15) is 8.42 Å². The molecule has 8 nitrogen and oxygen atoms in total. The number of aliphatic carboxylic acids is 2. The summed E-state index contributed by atoms with van der Waals surface area (Å²) in [7, 11) is -5.11. The van der Waals surface area contributed by atoms with Crippen LogP contribution in [0.15, 0.2) is 0 Å². The first kappa shape index (κ1) is 32.8. The molecule has 0 aliphatic carbocycles. The largest absolute Gasteiger partial charge is 0.481 e. The molecule has 0 heterocycles. The number of unbranched alkanes of at least 4 members (excludes halogenated alkanes) is 16. The van der Waals surface area contributed by atoms with E-state index in [0.29, 0.717) is 6.61 Å². The van der Waals surface area contributed by atoms with Crippen LogP contribution in [0, 0.1) is 0 Å². The van der Waals surface area contributed by atoms with Crippen LogP contribution in [0.2, 0.25) is 0 Å². The Balaban J connectivity index is 3.63. The summed E-state index contributed by atoms with van der Waals surface area (Å²) in [6.45, 7) is 2.34. The van der Waals surface area contributed by atoms with E-state index in [9.17, 15) is 27.7 Å². The van der Waals surface area contributed by atoms with Crippen molar-refractivity contribution in [2.45, 2.75) is 134 Å². The highest BCUT2D eigenvalue weighted by Gasteiger charge is 2.52. The van der Waals surface area contributed by atoms with Crippen molar-refractivity contribution in [2.75, 3.05) is 13.2 Å². The molecule has 0 aromatic heterocycles. The van der Waals surface area contributed by atoms with E-state index in [1.165, 1.54) is 89.9 Å². The van der Waals surface area contributed by atoms with Crippen LogP contribution in [0.3, 0.4) is 0 Å². The molecule has 3 N–H and O–H groups in total. The van der Waals surface area contributed by atoms with Gasteiger partial charge in [0.25, 0.3) is 10.1 Å². The fraction of sp³-hybridized carbons (Fsp3) is 0.920. The summed E-state index contributed by atoms with van der Waals surface area (Å²) in [5.41, 5.74) is 0. The quantitative estimate of drug-likeness (QED) is 0.0974. The normalized spacial score (nSPS) is 13.6. The van der Waals surface area contributed by atoms with Crippen molar-refractivity contribution in [3.8, 4) is 0 Å². The summed E-state index contributed by atoms with van der Waals surface area (Å²) in [5.74, 6) is -3.51. The molecule has 0 aromatic rings. The number of hydrogen-bond donors (Lipinski definition) is 3. The third-order valence-corrected chi connectivity index (χ3v) is 7.87. The Morgan fingerprint density at radius 1 is 0.676 bits per heavy atom. The first-order valence-electron chi connectivity index (χ1n) is 13.2.